The molecule has 72 valence electrons. The van der Waals surface area contributed by atoms with E-state index in [4.69, 9.17) is 5.73 Å². The normalized spacial score (nSPS) is 11.4. The van der Waals surface area contributed by atoms with Crippen molar-refractivity contribution in [3.8, 4) is 5.75 Å². The van der Waals surface area contributed by atoms with E-state index < -0.39 is 23.9 Å². The highest BCUT2D eigenvalue weighted by Gasteiger charge is 2.32. The molecule has 0 spiro atoms. The molecular weight excluding hydrogens is 192 g/mol. The van der Waals surface area contributed by atoms with Gasteiger partial charge in [-0.15, -0.1) is 13.2 Å². The fourth-order valence-corrected chi connectivity index (χ4v) is 0.648. The minimum absolute atomic E-state index is 0.641. The molecule has 1 rings (SSSR count). The lowest BCUT2D eigenvalue weighted by molar-refractivity contribution is -0.274. The predicted molar refractivity (Wildman–Crippen MR) is 35.3 cm³/mol. The summed E-state index contributed by atoms with van der Waals surface area (Å²) < 4.78 is 50.6. The second-order valence-corrected chi connectivity index (χ2v) is 2.07. The maximum absolute atomic E-state index is 12.3. The molecule has 0 aromatic carbocycles. The van der Waals surface area contributed by atoms with Crippen LogP contribution in [0.5, 0.6) is 5.75 Å². The molecule has 0 saturated carbocycles. The van der Waals surface area contributed by atoms with Gasteiger partial charge in [0.15, 0.2) is 11.6 Å². The highest BCUT2D eigenvalue weighted by atomic mass is 19.4. The largest absolute Gasteiger partial charge is 0.573 e. The van der Waals surface area contributed by atoms with E-state index in [1.165, 1.54) is 0 Å². The summed E-state index contributed by atoms with van der Waals surface area (Å²) in [6.07, 6.45) is -4.85. The predicted octanol–water partition coefficient (Wildman–Crippen LogP) is 1.70. The summed E-state index contributed by atoms with van der Waals surface area (Å²) in [4.78, 5) is 2.94. The van der Waals surface area contributed by atoms with Crippen molar-refractivity contribution in [2.45, 2.75) is 6.36 Å². The Kier molecular flexibility index (Phi) is 2.26. The molecule has 1 aromatic rings. The van der Waals surface area contributed by atoms with Crippen LogP contribution in [-0.2, 0) is 0 Å². The van der Waals surface area contributed by atoms with Crippen molar-refractivity contribution in [1.82, 2.24) is 4.98 Å². The van der Waals surface area contributed by atoms with E-state index in [1.54, 1.807) is 0 Å². The number of alkyl halides is 3. The van der Waals surface area contributed by atoms with Crippen LogP contribution in [0.1, 0.15) is 0 Å². The third-order valence-corrected chi connectivity index (χ3v) is 1.08. The molecule has 3 nitrogen and oxygen atoms in total. The zero-order chi connectivity index (χ0) is 10.1. The molecular formula is C6H4F4N2O. The lowest BCUT2D eigenvalue weighted by atomic mass is 10.4. The average Bonchev–Trinajstić information content (AvgIpc) is 1.93. The Labute approximate surface area is 70.1 Å². The van der Waals surface area contributed by atoms with Crippen molar-refractivity contribution < 1.29 is 22.3 Å². The van der Waals surface area contributed by atoms with Gasteiger partial charge in [-0.1, -0.05) is 0 Å². The third kappa shape index (κ3) is 2.77. The van der Waals surface area contributed by atoms with E-state index in [0.29, 0.717) is 0 Å². The molecule has 0 bridgehead atoms. The molecule has 0 aliphatic heterocycles. The zero-order valence-corrected chi connectivity index (χ0v) is 6.10. The second-order valence-electron chi connectivity index (χ2n) is 2.07. The Bertz CT molecular complexity index is 312. The molecule has 0 fully saturated rings. The summed E-state index contributed by atoms with van der Waals surface area (Å²) in [5, 5.41) is 0. The fourth-order valence-electron chi connectivity index (χ4n) is 0.648. The number of aromatic nitrogens is 1. The van der Waals surface area contributed by atoms with Gasteiger partial charge in [-0.3, -0.25) is 0 Å². The zero-order valence-electron chi connectivity index (χ0n) is 6.10. The molecule has 7 heteroatoms. The number of nitrogens with zero attached hydrogens (tertiary/aromatic N) is 1. The van der Waals surface area contributed by atoms with Gasteiger partial charge >= 0.3 is 6.36 Å². The number of nitrogens with two attached hydrogens (primary N) is 1. The number of rotatable bonds is 1. The highest BCUT2D eigenvalue weighted by Crippen LogP contribution is 2.26. The fraction of sp³-hybridized carbons (Fsp3) is 0.167. The summed E-state index contributed by atoms with van der Waals surface area (Å²) in [5.41, 5.74) is 4.95. The Balaban J connectivity index is 2.90. The van der Waals surface area contributed by atoms with Gasteiger partial charge in [-0.25, -0.2) is 0 Å². The number of hydrogen-bond acceptors (Lipinski definition) is 3. The minimum atomic E-state index is -4.85. The number of ether oxygens (including phenoxy) is 1. The first-order valence-corrected chi connectivity index (χ1v) is 3.06. The molecule has 1 aromatic heterocycles. The molecule has 0 aliphatic carbocycles. The van der Waals surface area contributed by atoms with Gasteiger partial charge in [-0.2, -0.15) is 9.37 Å². The van der Waals surface area contributed by atoms with Crippen LogP contribution in [0.15, 0.2) is 12.1 Å². The highest BCUT2D eigenvalue weighted by molar-refractivity contribution is 5.45. The standard InChI is InChI=1S/C6H4F4N2O/c7-4-2-1-3(5(11)12-4)13-6(8,9)10/h1-2H,(H2,11,12). The van der Waals surface area contributed by atoms with Crippen LogP contribution >= 0.6 is 0 Å². The van der Waals surface area contributed by atoms with E-state index in [9.17, 15) is 17.6 Å². The maximum atomic E-state index is 12.3. The summed E-state index contributed by atoms with van der Waals surface area (Å²) in [7, 11) is 0. The number of pyridine rings is 1. The summed E-state index contributed by atoms with van der Waals surface area (Å²) in [6, 6.07) is 1.47. The van der Waals surface area contributed by atoms with Crippen LogP contribution in [-0.4, -0.2) is 11.3 Å². The number of anilines is 1. The van der Waals surface area contributed by atoms with Gasteiger partial charge in [0, 0.05) is 0 Å². The van der Waals surface area contributed by atoms with Crippen molar-refractivity contribution in [1.29, 1.82) is 0 Å². The van der Waals surface area contributed by atoms with Crippen LogP contribution in [0.25, 0.3) is 0 Å². The number of nitrogen functional groups attached to an aromatic ring is 1. The summed E-state index contributed by atoms with van der Waals surface area (Å²) in [6.45, 7) is 0. The molecule has 0 aliphatic rings. The smallest absolute Gasteiger partial charge is 0.402 e. The Hall–Kier alpha value is -1.53. The maximum Gasteiger partial charge on any atom is 0.573 e. The second kappa shape index (κ2) is 3.08. The average molecular weight is 196 g/mol. The van der Waals surface area contributed by atoms with Gasteiger partial charge in [0.2, 0.25) is 5.95 Å². The van der Waals surface area contributed by atoms with Crippen molar-refractivity contribution in [2.75, 3.05) is 5.73 Å². The Morgan fingerprint density at radius 1 is 1.31 bits per heavy atom. The van der Waals surface area contributed by atoms with Gasteiger partial charge in [-0.05, 0) is 12.1 Å². The van der Waals surface area contributed by atoms with Crippen LogP contribution in [0.3, 0.4) is 0 Å². The quantitative estimate of drug-likeness (QED) is 0.549. The van der Waals surface area contributed by atoms with Crippen LogP contribution < -0.4 is 10.5 Å². The SMILES string of the molecule is Nc1nc(F)ccc1OC(F)(F)F. The molecule has 0 saturated heterocycles. The van der Waals surface area contributed by atoms with E-state index in [1.807, 2.05) is 0 Å². The van der Waals surface area contributed by atoms with Crippen LogP contribution in [0.4, 0.5) is 23.4 Å². The van der Waals surface area contributed by atoms with Crippen molar-refractivity contribution in [2.24, 2.45) is 0 Å². The van der Waals surface area contributed by atoms with Gasteiger partial charge in [0.25, 0.3) is 0 Å². The van der Waals surface area contributed by atoms with Crippen LogP contribution in [0.2, 0.25) is 0 Å². The molecule has 0 radical (unpaired) electrons. The van der Waals surface area contributed by atoms with Gasteiger partial charge in [0.1, 0.15) is 0 Å². The molecule has 1 heterocycles. The lowest BCUT2D eigenvalue weighted by Gasteiger charge is -2.09. The molecule has 2 N–H and O–H groups in total. The van der Waals surface area contributed by atoms with E-state index in [-0.39, 0.29) is 0 Å². The molecule has 0 amide bonds. The lowest BCUT2D eigenvalue weighted by Crippen LogP contribution is -2.18. The third-order valence-electron chi connectivity index (χ3n) is 1.08. The first-order valence-electron chi connectivity index (χ1n) is 3.06. The van der Waals surface area contributed by atoms with Crippen LogP contribution in [0, 0.1) is 5.95 Å². The summed E-state index contributed by atoms with van der Waals surface area (Å²) >= 11 is 0. The molecule has 13 heavy (non-hydrogen) atoms. The number of hydrogen-bond donors (Lipinski definition) is 1. The first kappa shape index (κ1) is 9.56. The van der Waals surface area contributed by atoms with Gasteiger partial charge < -0.3 is 10.5 Å². The molecule has 0 unspecified atom stereocenters. The van der Waals surface area contributed by atoms with E-state index in [0.717, 1.165) is 12.1 Å². The van der Waals surface area contributed by atoms with Gasteiger partial charge in [0.05, 0.1) is 0 Å². The van der Waals surface area contributed by atoms with Crippen molar-refractivity contribution >= 4 is 5.82 Å². The van der Waals surface area contributed by atoms with E-state index in [2.05, 4.69) is 9.72 Å². The monoisotopic (exact) mass is 196 g/mol. The summed E-state index contributed by atoms with van der Waals surface area (Å²) in [5.74, 6) is -2.32. The topological polar surface area (TPSA) is 48.1 Å². The molecule has 0 atom stereocenters. The number of halogens is 4. The Morgan fingerprint density at radius 3 is 2.38 bits per heavy atom. The minimum Gasteiger partial charge on any atom is -0.402 e. The van der Waals surface area contributed by atoms with Crippen molar-refractivity contribution in [3.05, 3.63) is 18.1 Å². The first-order chi connectivity index (χ1) is 5.88. The van der Waals surface area contributed by atoms with E-state index >= 15 is 0 Å². The van der Waals surface area contributed by atoms with Crippen molar-refractivity contribution in [3.63, 3.8) is 0 Å². The Morgan fingerprint density at radius 2 is 1.92 bits per heavy atom.